The standard InChI is InChI=1S/C25H21N3O3S/c1-26-24-27-21(17-32-24)22(23(29)30)28-31-25(18-11-5-2-6-12-18,19-13-7-3-8-14-19)20-15-9-4-10-16-20/h2-17H,1H3,(H,26,27)(H,29,30)/b28-22+. The van der Waals surface area contributed by atoms with Crippen molar-refractivity contribution in [1.29, 1.82) is 0 Å². The number of aliphatic carboxylic acids is 1. The highest BCUT2D eigenvalue weighted by Crippen LogP contribution is 2.40. The number of carbonyl (C=O) groups is 1. The zero-order valence-electron chi connectivity index (χ0n) is 17.3. The molecule has 4 rings (SSSR count). The highest BCUT2D eigenvalue weighted by molar-refractivity contribution is 7.14. The lowest BCUT2D eigenvalue weighted by atomic mass is 9.80. The third-order valence-corrected chi connectivity index (χ3v) is 5.84. The monoisotopic (exact) mass is 443 g/mol. The maximum atomic E-state index is 12.1. The Morgan fingerprint density at radius 3 is 1.75 bits per heavy atom. The fraction of sp³-hybridized carbons (Fsp3) is 0.0800. The predicted octanol–water partition coefficient (Wildman–Crippen LogP) is 4.98. The minimum atomic E-state index is -1.22. The van der Waals surface area contributed by atoms with Gasteiger partial charge in [0.1, 0.15) is 5.69 Å². The Labute approximate surface area is 189 Å². The van der Waals surface area contributed by atoms with Gasteiger partial charge in [-0.3, -0.25) is 0 Å². The average Bonchev–Trinajstić information content (AvgIpc) is 3.32. The number of anilines is 1. The first-order valence-corrected chi connectivity index (χ1v) is 10.8. The lowest BCUT2D eigenvalue weighted by molar-refractivity contribution is -0.129. The Morgan fingerprint density at radius 1 is 0.906 bits per heavy atom. The van der Waals surface area contributed by atoms with E-state index in [9.17, 15) is 9.90 Å². The van der Waals surface area contributed by atoms with E-state index in [4.69, 9.17) is 4.84 Å². The molecule has 0 fully saturated rings. The average molecular weight is 444 g/mol. The van der Waals surface area contributed by atoms with Crippen LogP contribution < -0.4 is 5.32 Å². The summed E-state index contributed by atoms with van der Waals surface area (Å²) < 4.78 is 0. The van der Waals surface area contributed by atoms with E-state index >= 15 is 0 Å². The molecule has 0 aliphatic rings. The first-order chi connectivity index (χ1) is 15.6. The van der Waals surface area contributed by atoms with E-state index in [-0.39, 0.29) is 11.4 Å². The van der Waals surface area contributed by atoms with Crippen LogP contribution >= 0.6 is 11.3 Å². The number of carboxylic acids is 1. The van der Waals surface area contributed by atoms with Crippen LogP contribution in [0.5, 0.6) is 0 Å². The number of nitrogens with zero attached hydrogens (tertiary/aromatic N) is 2. The summed E-state index contributed by atoms with van der Waals surface area (Å²) in [4.78, 5) is 22.6. The van der Waals surface area contributed by atoms with Crippen LogP contribution in [0.4, 0.5) is 5.13 Å². The number of rotatable bonds is 8. The quantitative estimate of drug-likeness (QED) is 0.228. The van der Waals surface area contributed by atoms with Crippen LogP contribution in [-0.2, 0) is 15.2 Å². The Kier molecular flexibility index (Phi) is 6.28. The minimum Gasteiger partial charge on any atom is -0.476 e. The molecule has 7 heteroatoms. The minimum absolute atomic E-state index is 0.231. The number of thiazole rings is 1. The number of carboxylic acid groups (broad SMARTS) is 1. The van der Waals surface area contributed by atoms with Gasteiger partial charge in [-0.15, -0.1) is 11.3 Å². The first kappa shape index (κ1) is 21.3. The van der Waals surface area contributed by atoms with E-state index in [1.807, 2.05) is 91.0 Å². The van der Waals surface area contributed by atoms with Gasteiger partial charge in [-0.1, -0.05) is 96.2 Å². The molecule has 0 atom stereocenters. The highest BCUT2D eigenvalue weighted by atomic mass is 32.1. The van der Waals surface area contributed by atoms with Gasteiger partial charge in [-0.05, 0) is 0 Å². The molecule has 0 aliphatic heterocycles. The predicted molar refractivity (Wildman–Crippen MR) is 126 cm³/mol. The molecule has 3 aromatic carbocycles. The van der Waals surface area contributed by atoms with Crippen molar-refractivity contribution in [2.45, 2.75) is 5.60 Å². The molecule has 1 aromatic heterocycles. The highest BCUT2D eigenvalue weighted by Gasteiger charge is 2.40. The van der Waals surface area contributed by atoms with Gasteiger partial charge < -0.3 is 15.3 Å². The van der Waals surface area contributed by atoms with Crippen LogP contribution in [0.1, 0.15) is 22.4 Å². The third-order valence-electron chi connectivity index (χ3n) is 4.98. The van der Waals surface area contributed by atoms with Crippen molar-refractivity contribution in [1.82, 2.24) is 4.98 Å². The summed E-state index contributed by atoms with van der Waals surface area (Å²) in [6.45, 7) is 0. The van der Waals surface area contributed by atoms with Gasteiger partial charge in [-0.2, -0.15) is 0 Å². The van der Waals surface area contributed by atoms with E-state index in [2.05, 4.69) is 15.5 Å². The maximum Gasteiger partial charge on any atom is 0.360 e. The SMILES string of the molecule is CNc1nc(/C(=N\OC(c2ccccc2)(c2ccccc2)c2ccccc2)C(=O)O)cs1. The summed E-state index contributed by atoms with van der Waals surface area (Å²) in [5, 5.41) is 19.2. The van der Waals surface area contributed by atoms with Gasteiger partial charge in [0.15, 0.2) is 5.13 Å². The molecule has 160 valence electrons. The van der Waals surface area contributed by atoms with Crippen molar-refractivity contribution < 1.29 is 14.7 Å². The van der Waals surface area contributed by atoms with E-state index in [1.54, 1.807) is 12.4 Å². The Bertz CT molecular complexity index is 1110. The van der Waals surface area contributed by atoms with Crippen molar-refractivity contribution >= 4 is 28.1 Å². The van der Waals surface area contributed by atoms with Crippen LogP contribution in [0.2, 0.25) is 0 Å². The Morgan fingerprint density at radius 2 is 1.38 bits per heavy atom. The zero-order valence-corrected chi connectivity index (χ0v) is 18.1. The van der Waals surface area contributed by atoms with Gasteiger partial charge in [0.05, 0.1) is 0 Å². The summed E-state index contributed by atoms with van der Waals surface area (Å²) in [6.07, 6.45) is 0. The number of aromatic nitrogens is 1. The van der Waals surface area contributed by atoms with Crippen molar-refractivity contribution in [3.05, 3.63) is 119 Å². The molecule has 6 nitrogen and oxygen atoms in total. The molecule has 32 heavy (non-hydrogen) atoms. The molecular weight excluding hydrogens is 422 g/mol. The van der Waals surface area contributed by atoms with E-state index < -0.39 is 11.6 Å². The second-order valence-electron chi connectivity index (χ2n) is 6.90. The number of hydrogen-bond acceptors (Lipinski definition) is 6. The smallest absolute Gasteiger partial charge is 0.360 e. The van der Waals surface area contributed by atoms with Crippen LogP contribution in [0.3, 0.4) is 0 Å². The topological polar surface area (TPSA) is 83.8 Å². The largest absolute Gasteiger partial charge is 0.476 e. The Hall–Kier alpha value is -3.97. The lowest BCUT2D eigenvalue weighted by Crippen LogP contribution is -2.32. The van der Waals surface area contributed by atoms with Gasteiger partial charge in [0, 0.05) is 29.1 Å². The third kappa shape index (κ3) is 4.10. The van der Waals surface area contributed by atoms with Gasteiger partial charge in [0.2, 0.25) is 11.3 Å². The van der Waals surface area contributed by atoms with Crippen LogP contribution in [0.15, 0.2) is 102 Å². The molecule has 0 saturated carbocycles. The molecule has 0 aliphatic carbocycles. The lowest BCUT2D eigenvalue weighted by Gasteiger charge is -2.33. The molecule has 1 heterocycles. The number of oxime groups is 1. The molecule has 4 aromatic rings. The summed E-state index contributed by atoms with van der Waals surface area (Å²) >= 11 is 1.30. The second kappa shape index (κ2) is 9.45. The summed E-state index contributed by atoms with van der Waals surface area (Å²) in [6, 6.07) is 28.9. The van der Waals surface area contributed by atoms with E-state index in [1.165, 1.54) is 11.3 Å². The molecular formula is C25H21N3O3S. The molecule has 0 spiro atoms. The summed E-state index contributed by atoms with van der Waals surface area (Å²) in [7, 11) is 1.72. The first-order valence-electron chi connectivity index (χ1n) is 9.95. The molecule has 0 radical (unpaired) electrons. The van der Waals surface area contributed by atoms with Crippen molar-refractivity contribution in [2.24, 2.45) is 5.16 Å². The van der Waals surface area contributed by atoms with Crippen LogP contribution in [0, 0.1) is 0 Å². The molecule has 2 N–H and O–H groups in total. The van der Waals surface area contributed by atoms with E-state index in [0.29, 0.717) is 5.13 Å². The fourth-order valence-corrected chi connectivity index (χ4v) is 4.14. The molecule has 0 bridgehead atoms. The zero-order chi connectivity index (χ0) is 22.4. The normalized spacial score (nSPS) is 11.7. The van der Waals surface area contributed by atoms with Crippen molar-refractivity contribution in [3.8, 4) is 0 Å². The molecule has 0 amide bonds. The molecule has 0 saturated heterocycles. The summed E-state index contributed by atoms with van der Waals surface area (Å²) in [5.41, 5.74) is 1.26. The van der Waals surface area contributed by atoms with Gasteiger partial charge in [0.25, 0.3) is 0 Å². The van der Waals surface area contributed by atoms with E-state index in [0.717, 1.165) is 16.7 Å². The molecule has 0 unspecified atom stereocenters. The van der Waals surface area contributed by atoms with Crippen LogP contribution in [-0.4, -0.2) is 28.8 Å². The Balaban J connectivity index is 1.93. The van der Waals surface area contributed by atoms with Crippen molar-refractivity contribution in [3.63, 3.8) is 0 Å². The second-order valence-corrected chi connectivity index (χ2v) is 7.76. The van der Waals surface area contributed by atoms with Gasteiger partial charge in [-0.25, -0.2) is 9.78 Å². The number of nitrogens with one attached hydrogen (secondary N) is 1. The number of benzene rings is 3. The maximum absolute atomic E-state index is 12.1. The van der Waals surface area contributed by atoms with Gasteiger partial charge >= 0.3 is 5.97 Å². The van der Waals surface area contributed by atoms with Crippen LogP contribution in [0.25, 0.3) is 0 Å². The number of hydrogen-bond donors (Lipinski definition) is 2. The van der Waals surface area contributed by atoms with Crippen molar-refractivity contribution in [2.75, 3.05) is 12.4 Å². The fourth-order valence-electron chi connectivity index (χ4n) is 3.48. The summed E-state index contributed by atoms with van der Waals surface area (Å²) in [5.74, 6) is -1.22.